The molecular formula is C21H35N3O2. The summed E-state index contributed by atoms with van der Waals surface area (Å²) in [7, 11) is 0. The zero-order valence-electron chi connectivity index (χ0n) is 17.1. The Labute approximate surface area is 158 Å². The Kier molecular flexibility index (Phi) is 7.44. The number of hydrogen-bond acceptors (Lipinski definition) is 4. The Morgan fingerprint density at radius 3 is 2.65 bits per heavy atom. The van der Waals surface area contributed by atoms with Gasteiger partial charge in [-0.25, -0.2) is 9.78 Å². The van der Waals surface area contributed by atoms with Gasteiger partial charge in [-0.1, -0.05) is 26.3 Å². The van der Waals surface area contributed by atoms with Gasteiger partial charge in [0.2, 0.25) is 0 Å². The molecule has 1 atom stereocenters. The predicted octanol–water partition coefficient (Wildman–Crippen LogP) is 5.17. The van der Waals surface area contributed by atoms with E-state index < -0.39 is 5.60 Å². The molecule has 1 amide bonds. The Bertz CT molecular complexity index is 566. The number of ether oxygens (including phenoxy) is 1. The molecule has 1 aromatic rings. The normalized spacial score (nSPS) is 18.1. The zero-order chi connectivity index (χ0) is 19.2. The average molecular weight is 362 g/mol. The lowest BCUT2D eigenvalue weighted by atomic mass is 10.1. The molecule has 1 aliphatic heterocycles. The summed E-state index contributed by atoms with van der Waals surface area (Å²) in [4.78, 5) is 21.3. The quantitative estimate of drug-likeness (QED) is 0.672. The molecule has 5 heteroatoms. The molecule has 26 heavy (non-hydrogen) atoms. The first-order chi connectivity index (χ1) is 12.4. The first-order valence-electron chi connectivity index (χ1n) is 10.1. The lowest BCUT2D eigenvalue weighted by molar-refractivity contribution is 0.0579. The number of hydrogen-bond donors (Lipinski definition) is 0. The monoisotopic (exact) mass is 361 g/mol. The average Bonchev–Trinajstić information content (AvgIpc) is 3.05. The molecule has 0 aliphatic carbocycles. The van der Waals surface area contributed by atoms with E-state index in [1.807, 2.05) is 33.0 Å². The summed E-state index contributed by atoms with van der Waals surface area (Å²) in [5.41, 5.74) is 0.745. The van der Waals surface area contributed by atoms with Crippen LogP contribution in [0.25, 0.3) is 0 Å². The van der Waals surface area contributed by atoms with Crippen LogP contribution in [0.4, 0.5) is 10.6 Å². The Balaban J connectivity index is 2.11. The number of aromatic nitrogens is 1. The van der Waals surface area contributed by atoms with Crippen molar-refractivity contribution in [3.63, 3.8) is 0 Å². The third-order valence-electron chi connectivity index (χ3n) is 4.66. The van der Waals surface area contributed by atoms with Crippen LogP contribution in [0.3, 0.4) is 0 Å². The smallest absolute Gasteiger partial charge is 0.416 e. The van der Waals surface area contributed by atoms with Gasteiger partial charge >= 0.3 is 6.09 Å². The molecule has 2 rings (SSSR count). The van der Waals surface area contributed by atoms with E-state index in [2.05, 4.69) is 29.8 Å². The van der Waals surface area contributed by atoms with Gasteiger partial charge in [0.1, 0.15) is 11.4 Å². The number of pyridine rings is 1. The minimum absolute atomic E-state index is 0.329. The van der Waals surface area contributed by atoms with Crippen molar-refractivity contribution in [2.75, 3.05) is 24.5 Å². The van der Waals surface area contributed by atoms with E-state index in [0.717, 1.165) is 13.0 Å². The second-order valence-electron chi connectivity index (χ2n) is 8.13. The maximum absolute atomic E-state index is 12.5. The Morgan fingerprint density at radius 2 is 2.08 bits per heavy atom. The predicted molar refractivity (Wildman–Crippen MR) is 107 cm³/mol. The fourth-order valence-corrected chi connectivity index (χ4v) is 3.43. The van der Waals surface area contributed by atoms with E-state index in [0.29, 0.717) is 18.4 Å². The number of unbranched alkanes of at least 4 members (excludes halogenated alkanes) is 1. The molecule has 2 heterocycles. The highest BCUT2D eigenvalue weighted by Gasteiger charge is 2.27. The highest BCUT2D eigenvalue weighted by atomic mass is 16.6. The van der Waals surface area contributed by atoms with E-state index in [9.17, 15) is 4.79 Å². The molecular weight excluding hydrogens is 326 g/mol. The van der Waals surface area contributed by atoms with E-state index in [1.54, 1.807) is 4.90 Å². The van der Waals surface area contributed by atoms with Crippen molar-refractivity contribution in [3.05, 3.63) is 23.9 Å². The molecule has 0 radical (unpaired) electrons. The van der Waals surface area contributed by atoms with Crippen LogP contribution in [0.5, 0.6) is 0 Å². The number of carbonyl (C=O) groups excluding carboxylic acids is 1. The van der Waals surface area contributed by atoms with Crippen molar-refractivity contribution in [2.24, 2.45) is 0 Å². The fraction of sp³-hybridized carbons (Fsp3) is 0.714. The molecule has 0 bridgehead atoms. The third-order valence-corrected chi connectivity index (χ3v) is 4.66. The minimum atomic E-state index is -0.507. The maximum atomic E-state index is 12.5. The molecule has 146 valence electrons. The van der Waals surface area contributed by atoms with Crippen LogP contribution in [-0.4, -0.2) is 41.2 Å². The van der Waals surface area contributed by atoms with Crippen LogP contribution in [0, 0.1) is 0 Å². The van der Waals surface area contributed by atoms with Gasteiger partial charge in [0, 0.05) is 18.8 Å². The summed E-state index contributed by atoms with van der Waals surface area (Å²) in [6, 6.07) is 4.56. The summed E-state index contributed by atoms with van der Waals surface area (Å²) in [5, 5.41) is 0. The molecule has 1 saturated heterocycles. The van der Waals surface area contributed by atoms with E-state index in [1.165, 1.54) is 37.8 Å². The van der Waals surface area contributed by atoms with Crippen LogP contribution in [-0.2, 0) is 4.74 Å². The van der Waals surface area contributed by atoms with Gasteiger partial charge in [-0.2, -0.15) is 0 Å². The van der Waals surface area contributed by atoms with E-state index >= 15 is 0 Å². The van der Waals surface area contributed by atoms with Crippen LogP contribution in [0.1, 0.15) is 78.3 Å². The number of likely N-dealkylation sites (tertiary alicyclic amines) is 1. The molecule has 0 saturated carbocycles. The molecule has 0 aromatic carbocycles. The number of amides is 1. The van der Waals surface area contributed by atoms with Gasteiger partial charge in [0.25, 0.3) is 0 Å². The SMILES string of the molecule is CCCCN1CCC[C@@H]1c1ccc(N(CCC)C(=O)OC(C)(C)C)nc1. The first kappa shape index (κ1) is 20.7. The lowest BCUT2D eigenvalue weighted by Gasteiger charge is -2.27. The second kappa shape index (κ2) is 9.36. The second-order valence-corrected chi connectivity index (χ2v) is 8.13. The van der Waals surface area contributed by atoms with Crippen LogP contribution in [0.2, 0.25) is 0 Å². The molecule has 1 fully saturated rings. The standard InChI is InChI=1S/C21H35N3O2/c1-6-8-14-23-15-9-10-18(23)17-11-12-19(22-16-17)24(13-7-2)20(25)26-21(3,4)5/h11-12,16,18H,6-10,13-15H2,1-5H3/t18-/m1/s1. The van der Waals surface area contributed by atoms with Gasteiger partial charge in [-0.05, 0) is 71.2 Å². The third kappa shape index (κ3) is 5.70. The van der Waals surface area contributed by atoms with Gasteiger partial charge < -0.3 is 4.74 Å². The molecule has 1 aromatic heterocycles. The molecule has 5 nitrogen and oxygen atoms in total. The van der Waals surface area contributed by atoms with Crippen molar-refractivity contribution in [1.29, 1.82) is 0 Å². The zero-order valence-corrected chi connectivity index (χ0v) is 17.1. The van der Waals surface area contributed by atoms with Crippen molar-refractivity contribution in [3.8, 4) is 0 Å². The van der Waals surface area contributed by atoms with Gasteiger partial charge in [-0.3, -0.25) is 9.80 Å². The van der Waals surface area contributed by atoms with Crippen molar-refractivity contribution >= 4 is 11.9 Å². The molecule has 0 N–H and O–H groups in total. The summed E-state index contributed by atoms with van der Waals surface area (Å²) >= 11 is 0. The lowest BCUT2D eigenvalue weighted by Crippen LogP contribution is -2.37. The van der Waals surface area contributed by atoms with E-state index in [4.69, 9.17) is 4.74 Å². The highest BCUT2D eigenvalue weighted by Crippen LogP contribution is 2.32. The topological polar surface area (TPSA) is 45.7 Å². The van der Waals surface area contributed by atoms with Crippen LogP contribution in [0.15, 0.2) is 18.3 Å². The summed E-state index contributed by atoms with van der Waals surface area (Å²) in [5.74, 6) is 0.669. The molecule has 0 unspecified atom stereocenters. The number of nitrogens with zero attached hydrogens (tertiary/aromatic N) is 3. The Hall–Kier alpha value is -1.62. The Morgan fingerprint density at radius 1 is 1.31 bits per heavy atom. The maximum Gasteiger partial charge on any atom is 0.416 e. The fourth-order valence-electron chi connectivity index (χ4n) is 3.43. The van der Waals surface area contributed by atoms with Gasteiger partial charge in [0.15, 0.2) is 0 Å². The highest BCUT2D eigenvalue weighted by molar-refractivity contribution is 5.86. The summed E-state index contributed by atoms with van der Waals surface area (Å²) in [6.07, 6.45) is 7.37. The summed E-state index contributed by atoms with van der Waals surface area (Å²) < 4.78 is 5.54. The van der Waals surface area contributed by atoms with Crippen molar-refractivity contribution < 1.29 is 9.53 Å². The number of anilines is 1. The van der Waals surface area contributed by atoms with Gasteiger partial charge in [-0.15, -0.1) is 0 Å². The van der Waals surface area contributed by atoms with Gasteiger partial charge in [0.05, 0.1) is 0 Å². The summed E-state index contributed by atoms with van der Waals surface area (Å²) in [6.45, 7) is 12.9. The van der Waals surface area contributed by atoms with Crippen molar-refractivity contribution in [1.82, 2.24) is 9.88 Å². The van der Waals surface area contributed by atoms with E-state index in [-0.39, 0.29) is 6.09 Å². The molecule has 1 aliphatic rings. The number of carbonyl (C=O) groups is 1. The molecule has 0 spiro atoms. The number of rotatable bonds is 7. The minimum Gasteiger partial charge on any atom is -0.443 e. The van der Waals surface area contributed by atoms with Crippen LogP contribution < -0.4 is 4.90 Å². The van der Waals surface area contributed by atoms with Crippen molar-refractivity contribution in [2.45, 2.75) is 78.4 Å². The largest absolute Gasteiger partial charge is 0.443 e. The van der Waals surface area contributed by atoms with Crippen LogP contribution >= 0.6 is 0 Å². The first-order valence-corrected chi connectivity index (χ1v) is 10.1.